The number of hydrogen-bond donors (Lipinski definition) is 0. The molecule has 0 spiro atoms. The topological polar surface area (TPSA) is 49.3 Å². The summed E-state index contributed by atoms with van der Waals surface area (Å²) in [6, 6.07) is 2.24. The van der Waals surface area contributed by atoms with E-state index >= 15 is 0 Å². The molecule has 1 fully saturated rings. The third-order valence-electron chi connectivity index (χ3n) is 4.70. The molecule has 0 aromatic carbocycles. The second kappa shape index (κ2) is 7.01. The lowest BCUT2D eigenvalue weighted by Crippen LogP contribution is -2.36. The molecule has 0 bridgehead atoms. The summed E-state index contributed by atoms with van der Waals surface area (Å²) in [5.74, 6) is 1.61. The van der Waals surface area contributed by atoms with Crippen molar-refractivity contribution in [3.05, 3.63) is 36.4 Å². The molecule has 0 saturated carbocycles. The number of carbonyl (C=O) groups excluding carboxylic acids is 1. The molecule has 0 N–H and O–H groups in total. The van der Waals surface area contributed by atoms with E-state index in [2.05, 4.69) is 34.1 Å². The molecular formula is C17H24N4O. The molecular weight excluding hydrogens is 276 g/mol. The van der Waals surface area contributed by atoms with Gasteiger partial charge in [-0.15, -0.1) is 0 Å². The van der Waals surface area contributed by atoms with E-state index in [4.69, 9.17) is 0 Å². The van der Waals surface area contributed by atoms with Gasteiger partial charge in [0, 0.05) is 37.9 Å². The van der Waals surface area contributed by atoms with Crippen LogP contribution in [0.25, 0.3) is 0 Å². The Morgan fingerprint density at radius 3 is 2.91 bits per heavy atom. The summed E-state index contributed by atoms with van der Waals surface area (Å²) in [7, 11) is 2.09. The van der Waals surface area contributed by atoms with Crippen molar-refractivity contribution in [2.45, 2.75) is 38.3 Å². The van der Waals surface area contributed by atoms with Gasteiger partial charge < -0.3 is 4.90 Å². The van der Waals surface area contributed by atoms with Crippen LogP contribution >= 0.6 is 0 Å². The van der Waals surface area contributed by atoms with Crippen molar-refractivity contribution in [2.24, 2.45) is 5.92 Å². The number of likely N-dealkylation sites (tertiary alicyclic amines) is 1. The summed E-state index contributed by atoms with van der Waals surface area (Å²) in [6.07, 6.45) is 11.9. The van der Waals surface area contributed by atoms with E-state index in [1.807, 2.05) is 11.0 Å². The maximum Gasteiger partial charge on any atom is 0.223 e. The fourth-order valence-corrected chi connectivity index (χ4v) is 3.31. The zero-order valence-corrected chi connectivity index (χ0v) is 13.2. The minimum absolute atomic E-state index is 0.309. The molecule has 1 aliphatic carbocycles. The molecule has 22 heavy (non-hydrogen) atoms. The van der Waals surface area contributed by atoms with Crippen molar-refractivity contribution in [1.82, 2.24) is 19.8 Å². The van der Waals surface area contributed by atoms with Gasteiger partial charge in [-0.25, -0.2) is 9.97 Å². The summed E-state index contributed by atoms with van der Waals surface area (Å²) >= 11 is 0. The Bertz CT molecular complexity index is 531. The van der Waals surface area contributed by atoms with Crippen LogP contribution in [0.2, 0.25) is 0 Å². The van der Waals surface area contributed by atoms with Gasteiger partial charge in [-0.2, -0.15) is 0 Å². The van der Waals surface area contributed by atoms with E-state index < -0.39 is 0 Å². The number of hydrogen-bond acceptors (Lipinski definition) is 4. The van der Waals surface area contributed by atoms with E-state index in [-0.39, 0.29) is 0 Å². The average molecular weight is 300 g/mol. The quantitative estimate of drug-likeness (QED) is 0.779. The first-order valence-electron chi connectivity index (χ1n) is 8.13. The zero-order valence-electron chi connectivity index (χ0n) is 13.2. The van der Waals surface area contributed by atoms with Crippen LogP contribution in [0.4, 0.5) is 0 Å². The monoisotopic (exact) mass is 300 g/mol. The number of rotatable bonds is 5. The van der Waals surface area contributed by atoms with Crippen molar-refractivity contribution in [3.8, 4) is 0 Å². The van der Waals surface area contributed by atoms with E-state index in [0.717, 1.165) is 44.7 Å². The maximum atomic E-state index is 12.4. The third kappa shape index (κ3) is 3.71. The second-order valence-corrected chi connectivity index (χ2v) is 6.33. The van der Waals surface area contributed by atoms with Crippen molar-refractivity contribution >= 4 is 5.91 Å². The van der Waals surface area contributed by atoms with E-state index in [9.17, 15) is 4.79 Å². The molecule has 2 atom stereocenters. The zero-order chi connectivity index (χ0) is 15.4. The molecule has 1 saturated heterocycles. The molecule has 0 radical (unpaired) electrons. The van der Waals surface area contributed by atoms with E-state index in [0.29, 0.717) is 24.3 Å². The fraction of sp³-hybridized carbons (Fsp3) is 0.588. The van der Waals surface area contributed by atoms with Crippen LogP contribution < -0.4 is 0 Å². The van der Waals surface area contributed by atoms with E-state index in [1.54, 1.807) is 12.4 Å². The number of nitrogens with zero attached hydrogens (tertiary/aromatic N) is 4. The first-order valence-corrected chi connectivity index (χ1v) is 8.13. The van der Waals surface area contributed by atoms with Gasteiger partial charge in [-0.1, -0.05) is 12.2 Å². The van der Waals surface area contributed by atoms with E-state index in [1.165, 1.54) is 0 Å². The maximum absolute atomic E-state index is 12.4. The molecule has 1 amide bonds. The number of carbonyl (C=O) groups is 1. The Labute approximate surface area is 132 Å². The Kier molecular flexibility index (Phi) is 4.83. The van der Waals surface area contributed by atoms with Crippen LogP contribution in [0.5, 0.6) is 0 Å². The first kappa shape index (κ1) is 15.2. The average Bonchev–Trinajstić information content (AvgIpc) is 3.19. The first-order chi connectivity index (χ1) is 10.7. The number of likely N-dealkylation sites (N-methyl/N-ethyl adjacent to an activating group) is 1. The van der Waals surface area contributed by atoms with Crippen LogP contribution in [-0.4, -0.2) is 51.9 Å². The molecule has 1 aromatic heterocycles. The van der Waals surface area contributed by atoms with Crippen LogP contribution in [-0.2, 0) is 11.3 Å². The fourth-order valence-electron chi connectivity index (χ4n) is 3.31. The Balaban J connectivity index is 1.48. The van der Waals surface area contributed by atoms with Crippen molar-refractivity contribution in [2.75, 3.05) is 20.1 Å². The van der Waals surface area contributed by atoms with Gasteiger partial charge in [-0.3, -0.25) is 9.69 Å². The predicted octanol–water partition coefficient (Wildman–Crippen LogP) is 1.87. The molecule has 3 rings (SSSR count). The van der Waals surface area contributed by atoms with Crippen LogP contribution in [0.3, 0.4) is 0 Å². The minimum Gasteiger partial charge on any atom is -0.341 e. The number of amides is 1. The molecule has 2 heterocycles. The number of aromatic nitrogens is 2. The summed E-state index contributed by atoms with van der Waals surface area (Å²) in [4.78, 5) is 25.2. The lowest BCUT2D eigenvalue weighted by Gasteiger charge is -2.24. The number of allylic oxidation sites excluding steroid dienone is 2. The van der Waals surface area contributed by atoms with Gasteiger partial charge in [0.1, 0.15) is 5.82 Å². The highest BCUT2D eigenvalue weighted by Gasteiger charge is 2.30. The molecule has 5 heteroatoms. The molecule has 5 nitrogen and oxygen atoms in total. The van der Waals surface area contributed by atoms with Gasteiger partial charge in [0.25, 0.3) is 0 Å². The van der Waals surface area contributed by atoms with Gasteiger partial charge in [0.15, 0.2) is 0 Å². The minimum atomic E-state index is 0.309. The van der Waals surface area contributed by atoms with Crippen molar-refractivity contribution in [3.63, 3.8) is 0 Å². The van der Waals surface area contributed by atoms with Crippen LogP contribution in [0.1, 0.15) is 31.5 Å². The Hall–Kier alpha value is -1.75. The summed E-state index contributed by atoms with van der Waals surface area (Å²) in [5.41, 5.74) is 0. The lowest BCUT2D eigenvalue weighted by molar-refractivity contribution is -0.131. The second-order valence-electron chi connectivity index (χ2n) is 6.33. The highest BCUT2D eigenvalue weighted by molar-refractivity contribution is 5.77. The third-order valence-corrected chi connectivity index (χ3v) is 4.70. The van der Waals surface area contributed by atoms with Gasteiger partial charge in [0.05, 0.1) is 6.54 Å². The summed E-state index contributed by atoms with van der Waals surface area (Å²) in [5, 5.41) is 0. The lowest BCUT2D eigenvalue weighted by atomic mass is 10.0. The smallest absolute Gasteiger partial charge is 0.223 e. The van der Waals surface area contributed by atoms with Gasteiger partial charge in [-0.05, 0) is 38.3 Å². The Morgan fingerprint density at radius 2 is 2.18 bits per heavy atom. The largest absolute Gasteiger partial charge is 0.341 e. The van der Waals surface area contributed by atoms with Gasteiger partial charge >= 0.3 is 0 Å². The summed E-state index contributed by atoms with van der Waals surface area (Å²) in [6.45, 7) is 2.44. The molecule has 1 aromatic rings. The predicted molar refractivity (Wildman–Crippen MR) is 85.0 cm³/mol. The SMILES string of the molecule is CN(Cc1ncccn1)[C@H]1CCN(C(=O)C[C@H]2C=CCC2)C1. The van der Waals surface area contributed by atoms with Crippen LogP contribution in [0, 0.1) is 5.92 Å². The molecule has 0 unspecified atom stereocenters. The van der Waals surface area contributed by atoms with Crippen molar-refractivity contribution in [1.29, 1.82) is 0 Å². The Morgan fingerprint density at radius 1 is 1.36 bits per heavy atom. The molecule has 118 valence electrons. The normalized spacial score (nSPS) is 24.4. The van der Waals surface area contributed by atoms with Crippen molar-refractivity contribution < 1.29 is 4.79 Å². The van der Waals surface area contributed by atoms with Crippen LogP contribution in [0.15, 0.2) is 30.6 Å². The summed E-state index contributed by atoms with van der Waals surface area (Å²) < 4.78 is 0. The molecule has 2 aliphatic rings. The standard InChI is InChI=1S/C17H24N4O/c1-20(13-16-18-8-4-9-19-16)15-7-10-21(12-15)17(22)11-14-5-2-3-6-14/h2,4-5,8-9,14-15H,3,6-7,10-13H2,1H3/t14-,15-/m0/s1. The highest BCUT2D eigenvalue weighted by atomic mass is 16.2. The molecule has 1 aliphatic heterocycles. The van der Waals surface area contributed by atoms with Gasteiger partial charge in [0.2, 0.25) is 5.91 Å². The highest BCUT2D eigenvalue weighted by Crippen LogP contribution is 2.23.